The zero-order valence-electron chi connectivity index (χ0n) is 28.6. The summed E-state index contributed by atoms with van der Waals surface area (Å²) in [6, 6.07) is 4.73. The molecule has 0 aliphatic heterocycles. The number of hydrogen-bond donors (Lipinski definition) is 4. The summed E-state index contributed by atoms with van der Waals surface area (Å²) in [7, 11) is 3.37. The van der Waals surface area contributed by atoms with Crippen molar-refractivity contribution < 1.29 is 62.1 Å². The maximum Gasteiger partial charge on any atom is 0.343 e. The molecule has 2 unspecified atom stereocenters. The molecule has 274 valence electrons. The number of methoxy groups -OCH3 is 3. The van der Waals surface area contributed by atoms with E-state index in [1.807, 2.05) is 6.92 Å². The van der Waals surface area contributed by atoms with Gasteiger partial charge in [-0.1, -0.05) is 33.1 Å². The highest BCUT2D eigenvalue weighted by Crippen LogP contribution is 2.28. The number of carbonyl (C=O) groups is 7. The summed E-state index contributed by atoms with van der Waals surface area (Å²) in [6.07, 6.45) is 2.99. The third-order valence-electron chi connectivity index (χ3n) is 7.55. The molecule has 1 heterocycles. The molecule has 50 heavy (non-hydrogen) atoms. The van der Waals surface area contributed by atoms with Crippen molar-refractivity contribution in [3.63, 3.8) is 0 Å². The number of hydrogen-bond acceptors (Lipinski definition) is 13. The largest absolute Gasteiger partial charge is 0.482 e. The molecule has 0 radical (unpaired) electrons. The molecule has 2 rings (SSSR count). The Bertz CT molecular complexity index is 1490. The highest BCUT2D eigenvalue weighted by Gasteiger charge is 2.31. The fourth-order valence-electron chi connectivity index (χ4n) is 4.88. The Labute approximate surface area is 288 Å². The molecule has 2 aromatic rings. The number of unbranched alkanes of at least 4 members (excludes halogenated alkanes) is 2. The summed E-state index contributed by atoms with van der Waals surface area (Å²) in [5.74, 6) is -5.06. The second kappa shape index (κ2) is 20.8. The first kappa shape index (κ1) is 40.7. The van der Waals surface area contributed by atoms with Gasteiger partial charge in [-0.15, -0.1) is 0 Å². The molecule has 0 aliphatic carbocycles. The predicted octanol–water partition coefficient (Wildman–Crippen LogP) is 1.96. The van der Waals surface area contributed by atoms with Crippen LogP contribution in [0.15, 0.2) is 34.7 Å². The minimum absolute atomic E-state index is 0.0284. The van der Waals surface area contributed by atoms with Gasteiger partial charge in [-0.2, -0.15) is 0 Å². The fraction of sp³-hybridized carbons (Fsp3) is 0.485. The van der Waals surface area contributed by atoms with Crippen LogP contribution in [0.4, 0.5) is 0 Å². The number of furan rings is 1. The first-order valence-electron chi connectivity index (χ1n) is 15.8. The van der Waals surface area contributed by atoms with Crippen molar-refractivity contribution in [1.82, 2.24) is 21.0 Å². The Kier molecular flexibility index (Phi) is 17.0. The van der Waals surface area contributed by atoms with Crippen molar-refractivity contribution in [2.45, 2.75) is 64.5 Å². The van der Waals surface area contributed by atoms with E-state index in [4.69, 9.17) is 9.15 Å². The lowest BCUT2D eigenvalue weighted by atomic mass is 9.90. The Morgan fingerprint density at radius 3 is 2.26 bits per heavy atom. The van der Waals surface area contributed by atoms with Crippen LogP contribution in [0.1, 0.15) is 73.3 Å². The van der Waals surface area contributed by atoms with Gasteiger partial charge in [0.15, 0.2) is 12.4 Å². The maximum atomic E-state index is 13.2. The van der Waals surface area contributed by atoms with Crippen LogP contribution in [0.3, 0.4) is 0 Å². The number of ether oxygens (including phenoxy) is 4. The minimum Gasteiger partial charge on any atom is -0.482 e. The van der Waals surface area contributed by atoms with Crippen LogP contribution in [-0.2, 0) is 38.2 Å². The fourth-order valence-corrected chi connectivity index (χ4v) is 4.88. The van der Waals surface area contributed by atoms with Crippen LogP contribution in [0.2, 0.25) is 0 Å². The second-order valence-corrected chi connectivity index (χ2v) is 10.9. The van der Waals surface area contributed by atoms with Gasteiger partial charge in [0.25, 0.3) is 11.8 Å². The number of nitrogens with zero attached hydrogens (tertiary/aromatic N) is 1. The monoisotopic (exact) mass is 704 g/mol. The van der Waals surface area contributed by atoms with Crippen LogP contribution >= 0.6 is 0 Å². The molecule has 0 saturated heterocycles. The van der Waals surface area contributed by atoms with Gasteiger partial charge in [-0.25, -0.2) is 14.7 Å². The summed E-state index contributed by atoms with van der Waals surface area (Å²) in [5.41, 5.74) is 0.165. The Hall–Kier alpha value is -5.45. The third kappa shape index (κ3) is 12.2. The van der Waals surface area contributed by atoms with Crippen molar-refractivity contribution in [3.05, 3.63) is 41.7 Å². The van der Waals surface area contributed by atoms with Crippen molar-refractivity contribution in [2.75, 3.05) is 34.6 Å². The van der Waals surface area contributed by atoms with Gasteiger partial charge in [0.05, 0.1) is 46.4 Å². The van der Waals surface area contributed by atoms with Crippen molar-refractivity contribution >= 4 is 42.0 Å². The number of hydroxylamine groups is 2. The molecule has 0 fully saturated rings. The minimum atomic E-state index is -1.38. The summed E-state index contributed by atoms with van der Waals surface area (Å²) in [6.45, 7) is 2.97. The average Bonchev–Trinajstić information content (AvgIpc) is 3.63. The van der Waals surface area contributed by atoms with Crippen LogP contribution in [0, 0.1) is 5.92 Å². The molecule has 3 atom stereocenters. The zero-order chi connectivity index (χ0) is 37.2. The van der Waals surface area contributed by atoms with Crippen LogP contribution in [0.5, 0.6) is 5.75 Å². The maximum absolute atomic E-state index is 13.2. The van der Waals surface area contributed by atoms with Gasteiger partial charge in [0.1, 0.15) is 17.6 Å². The molecular formula is C33H44N4O13. The van der Waals surface area contributed by atoms with Gasteiger partial charge in [-0.05, 0) is 43.2 Å². The molecule has 17 heteroatoms. The van der Waals surface area contributed by atoms with Gasteiger partial charge in [0.2, 0.25) is 12.3 Å². The molecule has 0 aliphatic rings. The number of rotatable bonds is 21. The molecular weight excluding hydrogens is 660 g/mol. The number of amides is 4. The van der Waals surface area contributed by atoms with Gasteiger partial charge in [-0.3, -0.25) is 29.2 Å². The quantitative estimate of drug-likeness (QED) is 0.0277. The molecule has 17 nitrogen and oxygen atoms in total. The van der Waals surface area contributed by atoms with E-state index >= 15 is 0 Å². The zero-order valence-corrected chi connectivity index (χ0v) is 28.6. The van der Waals surface area contributed by atoms with E-state index in [1.165, 1.54) is 37.4 Å². The molecule has 1 aromatic heterocycles. The summed E-state index contributed by atoms with van der Waals surface area (Å²) >= 11 is 0. The van der Waals surface area contributed by atoms with E-state index in [1.54, 1.807) is 6.92 Å². The van der Waals surface area contributed by atoms with E-state index in [0.717, 1.165) is 27.1 Å². The molecule has 4 amide bonds. The van der Waals surface area contributed by atoms with Crippen molar-refractivity contribution in [3.8, 4) is 17.1 Å². The van der Waals surface area contributed by atoms with E-state index in [-0.39, 0.29) is 41.5 Å². The SMILES string of the molecule is CCCCCC(C(=O)NCNC(=O)c1ccc(-c2cc(OCC(=O)OC)cc(C(=O)NC(CC(=O)OC)C(=O)OC)c2)o1)[C@@H](CC)N(O)C=O. The second-order valence-electron chi connectivity index (χ2n) is 10.9. The number of benzene rings is 1. The highest BCUT2D eigenvalue weighted by atomic mass is 16.6. The lowest BCUT2D eigenvalue weighted by molar-refractivity contribution is -0.168. The molecule has 0 bridgehead atoms. The van der Waals surface area contributed by atoms with E-state index < -0.39 is 66.7 Å². The third-order valence-corrected chi connectivity index (χ3v) is 7.55. The predicted molar refractivity (Wildman–Crippen MR) is 173 cm³/mol. The van der Waals surface area contributed by atoms with Gasteiger partial charge in [0, 0.05) is 11.1 Å². The number of carbonyl (C=O) groups excluding carboxylic acids is 7. The van der Waals surface area contributed by atoms with Crippen molar-refractivity contribution in [1.29, 1.82) is 0 Å². The summed E-state index contributed by atoms with van der Waals surface area (Å²) < 4.78 is 25.1. The van der Waals surface area contributed by atoms with Crippen LogP contribution in [0.25, 0.3) is 11.3 Å². The van der Waals surface area contributed by atoms with E-state index in [2.05, 4.69) is 30.2 Å². The van der Waals surface area contributed by atoms with Gasteiger partial charge >= 0.3 is 17.9 Å². The number of esters is 3. The smallest absolute Gasteiger partial charge is 0.343 e. The first-order chi connectivity index (χ1) is 23.9. The molecule has 0 spiro atoms. The summed E-state index contributed by atoms with van der Waals surface area (Å²) in [4.78, 5) is 86.1. The first-order valence-corrected chi connectivity index (χ1v) is 15.8. The molecule has 4 N–H and O–H groups in total. The van der Waals surface area contributed by atoms with Crippen LogP contribution in [-0.4, -0.2) is 99.0 Å². The summed E-state index contributed by atoms with van der Waals surface area (Å²) in [5, 5.41) is 18.0. The lowest BCUT2D eigenvalue weighted by Crippen LogP contribution is -2.47. The van der Waals surface area contributed by atoms with Crippen molar-refractivity contribution in [2.24, 2.45) is 5.92 Å². The Morgan fingerprint density at radius 2 is 1.64 bits per heavy atom. The standard InChI is InChI=1S/C33H44N4O13/c1-6-8-9-10-23(25(7-2)37(45)19-38)31(42)34-18-35-32(43)27-12-11-26(50-27)20-13-21(15-22(14-20)49-17-29(40)47-4)30(41)36-24(33(44)48-5)16-28(39)46-3/h11-15,19,23-25,45H,6-10,16-18H2,1-5H3,(H,34,42)(H,35,43)(H,36,41)/t23?,24?,25-/m1/s1. The lowest BCUT2D eigenvalue weighted by Gasteiger charge is -2.29. The number of nitrogens with one attached hydrogen (secondary N) is 3. The normalized spacial score (nSPS) is 12.4. The Morgan fingerprint density at radius 1 is 0.920 bits per heavy atom. The highest BCUT2D eigenvalue weighted by molar-refractivity contribution is 5.99. The van der Waals surface area contributed by atoms with Crippen LogP contribution < -0.4 is 20.7 Å². The topological polar surface area (TPSA) is 229 Å². The van der Waals surface area contributed by atoms with Gasteiger partial charge < -0.3 is 39.3 Å². The molecule has 0 saturated carbocycles. The van der Waals surface area contributed by atoms with E-state index in [0.29, 0.717) is 24.3 Å². The Balaban J connectivity index is 2.26. The van der Waals surface area contributed by atoms with E-state index in [9.17, 15) is 38.8 Å². The average molecular weight is 705 g/mol. The molecule has 1 aromatic carbocycles.